The molecule has 3 aromatic carbocycles. The summed E-state index contributed by atoms with van der Waals surface area (Å²) in [6, 6.07) is 21.5. The van der Waals surface area contributed by atoms with E-state index in [2.05, 4.69) is 4.98 Å². The number of phenolic OH excluding ortho intramolecular Hbond substituents is 1. The van der Waals surface area contributed by atoms with Gasteiger partial charge in [-0.1, -0.05) is 30.3 Å². The molecule has 1 aromatic heterocycles. The minimum absolute atomic E-state index is 0.00154. The maximum absolute atomic E-state index is 11.0. The quantitative estimate of drug-likeness (QED) is 0.368. The van der Waals surface area contributed by atoms with Crippen LogP contribution in [0.1, 0.15) is 22.6 Å². The van der Waals surface area contributed by atoms with Crippen molar-refractivity contribution in [3.8, 4) is 28.7 Å². The van der Waals surface area contributed by atoms with Gasteiger partial charge in [-0.2, -0.15) is 0 Å². The second-order valence-electron chi connectivity index (χ2n) is 7.47. The number of hydrogen-bond acceptors (Lipinski definition) is 6. The Hall–Kier alpha value is -4.26. The zero-order valence-corrected chi connectivity index (χ0v) is 18.0. The lowest BCUT2D eigenvalue weighted by atomic mass is 10.1. The number of carboxylic acid groups (broad SMARTS) is 1. The molecule has 0 aliphatic rings. The first-order chi connectivity index (χ1) is 16.0. The monoisotopic (exact) mass is 445 g/mol. The minimum Gasteiger partial charge on any atom is -0.508 e. The van der Waals surface area contributed by atoms with E-state index >= 15 is 0 Å². The van der Waals surface area contributed by atoms with Crippen LogP contribution in [-0.4, -0.2) is 21.2 Å². The highest BCUT2D eigenvalue weighted by Gasteiger charge is 2.12. The molecule has 4 rings (SSSR count). The van der Waals surface area contributed by atoms with E-state index in [0.29, 0.717) is 28.7 Å². The molecule has 1 heterocycles. The fourth-order valence-corrected chi connectivity index (χ4v) is 3.27. The first-order valence-electron chi connectivity index (χ1n) is 10.4. The molecule has 0 radical (unpaired) electrons. The lowest BCUT2D eigenvalue weighted by Gasteiger charge is -2.11. The van der Waals surface area contributed by atoms with Crippen molar-refractivity contribution in [1.82, 2.24) is 4.98 Å². The van der Waals surface area contributed by atoms with E-state index in [9.17, 15) is 9.90 Å². The van der Waals surface area contributed by atoms with Gasteiger partial charge in [-0.25, -0.2) is 4.98 Å². The molecule has 0 aliphatic carbocycles. The SMILES string of the molecule is Cc1oc(-c2ccccc2)nc1COc1ccc(COc2ccc(O)cc2CC(=O)O)cc1. The number of aliphatic carboxylic acids is 1. The molecule has 0 saturated carbocycles. The standard InChI is InChI=1S/C26H23NO6/c1-17-23(27-26(33-17)19-5-3-2-4-6-19)16-31-22-10-7-18(8-11-22)15-32-24-12-9-21(28)13-20(24)14-25(29)30/h2-13,28H,14-16H2,1H3,(H,29,30). The second kappa shape index (κ2) is 9.91. The summed E-state index contributed by atoms with van der Waals surface area (Å²) in [7, 11) is 0. The number of oxazole rings is 1. The van der Waals surface area contributed by atoms with E-state index in [-0.39, 0.29) is 25.4 Å². The van der Waals surface area contributed by atoms with Crippen LogP contribution in [0.3, 0.4) is 0 Å². The number of carboxylic acids is 1. The fourth-order valence-electron chi connectivity index (χ4n) is 3.27. The molecule has 4 aromatic rings. The molecule has 0 fully saturated rings. The third-order valence-electron chi connectivity index (χ3n) is 4.99. The van der Waals surface area contributed by atoms with Crippen molar-refractivity contribution in [1.29, 1.82) is 0 Å². The predicted molar refractivity (Wildman–Crippen MR) is 121 cm³/mol. The zero-order chi connectivity index (χ0) is 23.2. The number of ether oxygens (including phenoxy) is 2. The molecule has 0 aliphatic heterocycles. The van der Waals surface area contributed by atoms with Crippen LogP contribution in [0.15, 0.2) is 77.2 Å². The topological polar surface area (TPSA) is 102 Å². The van der Waals surface area contributed by atoms with Crippen LogP contribution in [0.2, 0.25) is 0 Å². The van der Waals surface area contributed by atoms with E-state index in [1.54, 1.807) is 6.07 Å². The average molecular weight is 445 g/mol. The molecular weight excluding hydrogens is 422 g/mol. The lowest BCUT2D eigenvalue weighted by Crippen LogP contribution is -2.04. The number of benzene rings is 3. The summed E-state index contributed by atoms with van der Waals surface area (Å²) in [6.45, 7) is 2.39. The van der Waals surface area contributed by atoms with Crippen LogP contribution in [0, 0.1) is 6.92 Å². The molecule has 0 bridgehead atoms. The number of aromatic nitrogens is 1. The number of hydrogen-bond donors (Lipinski definition) is 2. The van der Waals surface area contributed by atoms with Crippen LogP contribution >= 0.6 is 0 Å². The van der Waals surface area contributed by atoms with E-state index in [0.717, 1.165) is 16.8 Å². The Labute approximate surface area is 190 Å². The van der Waals surface area contributed by atoms with Crippen molar-refractivity contribution < 1.29 is 28.9 Å². The summed E-state index contributed by atoms with van der Waals surface area (Å²) in [4.78, 5) is 15.6. The highest BCUT2D eigenvalue weighted by atomic mass is 16.5. The third kappa shape index (κ3) is 5.71. The molecule has 0 amide bonds. The molecule has 7 heteroatoms. The van der Waals surface area contributed by atoms with Crippen molar-refractivity contribution in [3.05, 3.63) is 95.4 Å². The average Bonchev–Trinajstić information content (AvgIpc) is 3.18. The van der Waals surface area contributed by atoms with Gasteiger partial charge in [0, 0.05) is 11.1 Å². The van der Waals surface area contributed by atoms with Crippen LogP contribution in [0.25, 0.3) is 11.5 Å². The Kier molecular flexibility index (Phi) is 6.59. The van der Waals surface area contributed by atoms with Gasteiger partial charge in [-0.3, -0.25) is 4.79 Å². The Balaban J connectivity index is 1.35. The number of phenols is 1. The molecule has 0 spiro atoms. The molecule has 7 nitrogen and oxygen atoms in total. The molecule has 0 atom stereocenters. The van der Waals surface area contributed by atoms with Crippen LogP contribution in [0.4, 0.5) is 0 Å². The molecule has 2 N–H and O–H groups in total. The zero-order valence-electron chi connectivity index (χ0n) is 18.0. The van der Waals surface area contributed by atoms with E-state index in [4.69, 9.17) is 19.0 Å². The van der Waals surface area contributed by atoms with Gasteiger partial charge in [-0.15, -0.1) is 0 Å². The third-order valence-corrected chi connectivity index (χ3v) is 4.99. The summed E-state index contributed by atoms with van der Waals surface area (Å²) in [5, 5.41) is 18.6. The smallest absolute Gasteiger partial charge is 0.307 e. The van der Waals surface area contributed by atoms with Gasteiger partial charge >= 0.3 is 5.97 Å². The number of aromatic hydroxyl groups is 1. The Morgan fingerprint density at radius 3 is 2.45 bits per heavy atom. The maximum Gasteiger partial charge on any atom is 0.307 e. The Bertz CT molecular complexity index is 1230. The number of nitrogens with zero attached hydrogens (tertiary/aromatic N) is 1. The number of carbonyl (C=O) groups is 1. The molecule has 33 heavy (non-hydrogen) atoms. The van der Waals surface area contributed by atoms with Gasteiger partial charge in [0.1, 0.15) is 41.9 Å². The van der Waals surface area contributed by atoms with Crippen LogP contribution < -0.4 is 9.47 Å². The first kappa shape index (κ1) is 22.0. The van der Waals surface area contributed by atoms with Crippen molar-refractivity contribution in [2.75, 3.05) is 0 Å². The first-order valence-corrected chi connectivity index (χ1v) is 10.4. The fraction of sp³-hybridized carbons (Fsp3) is 0.154. The molecule has 168 valence electrons. The van der Waals surface area contributed by atoms with Crippen molar-refractivity contribution in [2.24, 2.45) is 0 Å². The summed E-state index contributed by atoms with van der Waals surface area (Å²) < 4.78 is 17.4. The van der Waals surface area contributed by atoms with Gasteiger partial charge in [-0.05, 0) is 55.0 Å². The molecular formula is C26H23NO6. The molecule has 0 unspecified atom stereocenters. The van der Waals surface area contributed by atoms with Gasteiger partial charge in [0.25, 0.3) is 0 Å². The Morgan fingerprint density at radius 2 is 1.73 bits per heavy atom. The van der Waals surface area contributed by atoms with Gasteiger partial charge < -0.3 is 24.1 Å². The van der Waals surface area contributed by atoms with E-state index < -0.39 is 5.97 Å². The van der Waals surface area contributed by atoms with E-state index in [1.165, 1.54) is 12.1 Å². The van der Waals surface area contributed by atoms with Gasteiger partial charge in [0.15, 0.2) is 0 Å². The van der Waals surface area contributed by atoms with Gasteiger partial charge in [0.2, 0.25) is 5.89 Å². The highest BCUT2D eigenvalue weighted by Crippen LogP contribution is 2.26. The predicted octanol–water partition coefficient (Wildman–Crippen LogP) is 5.14. The normalized spacial score (nSPS) is 10.7. The largest absolute Gasteiger partial charge is 0.508 e. The van der Waals surface area contributed by atoms with Crippen molar-refractivity contribution in [3.63, 3.8) is 0 Å². The van der Waals surface area contributed by atoms with Crippen molar-refractivity contribution in [2.45, 2.75) is 26.6 Å². The minimum atomic E-state index is -0.995. The lowest BCUT2D eigenvalue weighted by molar-refractivity contribution is -0.136. The second-order valence-corrected chi connectivity index (χ2v) is 7.47. The van der Waals surface area contributed by atoms with Crippen LogP contribution in [-0.2, 0) is 24.4 Å². The Morgan fingerprint density at radius 1 is 0.970 bits per heavy atom. The van der Waals surface area contributed by atoms with E-state index in [1.807, 2.05) is 61.5 Å². The number of rotatable bonds is 9. The van der Waals surface area contributed by atoms with Crippen LogP contribution in [0.5, 0.6) is 17.2 Å². The number of aryl methyl sites for hydroxylation is 1. The van der Waals surface area contributed by atoms with Crippen molar-refractivity contribution >= 4 is 5.97 Å². The van der Waals surface area contributed by atoms with Gasteiger partial charge in [0.05, 0.1) is 6.42 Å². The highest BCUT2D eigenvalue weighted by molar-refractivity contribution is 5.71. The summed E-state index contributed by atoms with van der Waals surface area (Å²) >= 11 is 0. The maximum atomic E-state index is 11.0. The summed E-state index contributed by atoms with van der Waals surface area (Å²) in [5.41, 5.74) is 2.96. The molecule has 0 saturated heterocycles. The summed E-state index contributed by atoms with van der Waals surface area (Å²) in [6.07, 6.45) is -0.232. The summed E-state index contributed by atoms with van der Waals surface area (Å²) in [5.74, 6) is 1.38.